The summed E-state index contributed by atoms with van der Waals surface area (Å²) >= 11 is 0. The average molecular weight is 268 g/mol. The molecule has 2 heterocycles. The molecule has 20 heavy (non-hydrogen) atoms. The van der Waals surface area contributed by atoms with Crippen LogP contribution in [0.3, 0.4) is 0 Å². The lowest BCUT2D eigenvalue weighted by atomic mass is 9.96. The summed E-state index contributed by atoms with van der Waals surface area (Å²) < 4.78 is 0. The van der Waals surface area contributed by atoms with Crippen molar-refractivity contribution < 1.29 is 0 Å². The Bertz CT molecular complexity index is 579. The van der Waals surface area contributed by atoms with E-state index in [1.54, 1.807) is 6.20 Å². The number of aromatic nitrogens is 2. The molecule has 1 aliphatic heterocycles. The molecule has 0 fully saturated rings. The van der Waals surface area contributed by atoms with Gasteiger partial charge in [-0.2, -0.15) is 0 Å². The Hall–Kier alpha value is -2.10. The zero-order valence-corrected chi connectivity index (χ0v) is 12.0. The van der Waals surface area contributed by atoms with Crippen molar-refractivity contribution >= 4 is 11.5 Å². The molecule has 1 aromatic carbocycles. The Balaban J connectivity index is 1.85. The maximum Gasteiger partial charge on any atom is 0.144 e. The number of para-hydroxylation sites is 1. The highest BCUT2D eigenvalue weighted by molar-refractivity contribution is 5.56. The van der Waals surface area contributed by atoms with Crippen LogP contribution in [0.15, 0.2) is 36.7 Å². The van der Waals surface area contributed by atoms with Crippen molar-refractivity contribution in [3.05, 3.63) is 47.9 Å². The van der Waals surface area contributed by atoms with Gasteiger partial charge in [-0.05, 0) is 31.4 Å². The zero-order chi connectivity index (χ0) is 13.9. The summed E-state index contributed by atoms with van der Waals surface area (Å²) in [5.41, 5.74) is 3.78. The third kappa shape index (κ3) is 2.46. The number of nitrogens with zero attached hydrogens (tertiary/aromatic N) is 3. The minimum absolute atomic E-state index is 0.538. The van der Waals surface area contributed by atoms with Crippen molar-refractivity contribution in [2.75, 3.05) is 17.3 Å². The Kier molecular flexibility index (Phi) is 3.54. The molecule has 1 aromatic heterocycles. The van der Waals surface area contributed by atoms with Gasteiger partial charge >= 0.3 is 0 Å². The number of benzene rings is 1. The second-order valence-corrected chi connectivity index (χ2v) is 5.29. The van der Waals surface area contributed by atoms with E-state index in [1.807, 2.05) is 13.2 Å². The highest BCUT2D eigenvalue weighted by atomic mass is 15.2. The van der Waals surface area contributed by atoms with Gasteiger partial charge in [0.1, 0.15) is 5.82 Å². The van der Waals surface area contributed by atoms with Crippen molar-refractivity contribution in [2.24, 2.45) is 0 Å². The molecule has 1 atom stereocenters. The lowest BCUT2D eigenvalue weighted by Crippen LogP contribution is -2.37. The molecule has 3 rings (SSSR count). The van der Waals surface area contributed by atoms with Gasteiger partial charge < -0.3 is 10.2 Å². The van der Waals surface area contributed by atoms with Gasteiger partial charge in [0.2, 0.25) is 0 Å². The van der Waals surface area contributed by atoms with E-state index in [0.717, 1.165) is 24.5 Å². The minimum Gasteiger partial charge on any atom is -0.372 e. The number of aryl methyl sites for hydroxylation is 1. The fourth-order valence-electron chi connectivity index (χ4n) is 2.74. The van der Waals surface area contributed by atoms with Crippen LogP contribution in [0, 0.1) is 0 Å². The molecule has 2 aromatic rings. The highest BCUT2D eigenvalue weighted by Crippen LogP contribution is 2.31. The van der Waals surface area contributed by atoms with Crippen LogP contribution >= 0.6 is 0 Å². The van der Waals surface area contributed by atoms with Crippen molar-refractivity contribution in [3.8, 4) is 0 Å². The largest absolute Gasteiger partial charge is 0.372 e. The van der Waals surface area contributed by atoms with Gasteiger partial charge in [0.05, 0.1) is 24.6 Å². The first-order valence-corrected chi connectivity index (χ1v) is 7.11. The summed E-state index contributed by atoms with van der Waals surface area (Å²) in [6.07, 6.45) is 6.00. The Morgan fingerprint density at radius 2 is 2.10 bits per heavy atom. The van der Waals surface area contributed by atoms with Gasteiger partial charge in [-0.15, -0.1) is 0 Å². The van der Waals surface area contributed by atoms with Crippen LogP contribution in [0.1, 0.15) is 24.6 Å². The average Bonchev–Trinajstić information content (AvgIpc) is 2.51. The number of anilines is 2. The topological polar surface area (TPSA) is 41.1 Å². The van der Waals surface area contributed by atoms with Gasteiger partial charge in [0.15, 0.2) is 0 Å². The summed E-state index contributed by atoms with van der Waals surface area (Å²) in [5, 5.41) is 3.00. The normalized spacial score (nSPS) is 17.7. The molecule has 0 radical (unpaired) electrons. The first-order valence-electron chi connectivity index (χ1n) is 7.11. The van der Waals surface area contributed by atoms with Crippen LogP contribution in [0.2, 0.25) is 0 Å². The van der Waals surface area contributed by atoms with E-state index in [9.17, 15) is 0 Å². The number of fused-ring (bicyclic) bond motifs is 1. The van der Waals surface area contributed by atoms with Gasteiger partial charge in [-0.25, -0.2) is 4.98 Å². The van der Waals surface area contributed by atoms with Crippen LogP contribution in [0.5, 0.6) is 0 Å². The fourth-order valence-corrected chi connectivity index (χ4v) is 2.74. The summed E-state index contributed by atoms with van der Waals surface area (Å²) in [5.74, 6) is 0.806. The van der Waals surface area contributed by atoms with E-state index in [0.29, 0.717) is 6.04 Å². The predicted octanol–water partition coefficient (Wildman–Crippen LogP) is 2.86. The van der Waals surface area contributed by atoms with Crippen LogP contribution < -0.4 is 10.2 Å². The molecular weight excluding hydrogens is 248 g/mol. The van der Waals surface area contributed by atoms with Crippen molar-refractivity contribution in [1.29, 1.82) is 0 Å². The molecule has 0 saturated carbocycles. The number of nitrogens with one attached hydrogen (secondary N) is 1. The smallest absolute Gasteiger partial charge is 0.144 e. The second-order valence-electron chi connectivity index (χ2n) is 5.29. The molecule has 0 bridgehead atoms. The number of hydrogen-bond acceptors (Lipinski definition) is 4. The van der Waals surface area contributed by atoms with Crippen molar-refractivity contribution in [1.82, 2.24) is 9.97 Å². The molecule has 0 saturated heterocycles. The maximum atomic E-state index is 4.48. The maximum absolute atomic E-state index is 4.48. The van der Waals surface area contributed by atoms with E-state index in [4.69, 9.17) is 0 Å². The summed E-state index contributed by atoms with van der Waals surface area (Å²) in [6, 6.07) is 9.20. The fraction of sp³-hybridized carbons (Fsp3) is 0.375. The summed E-state index contributed by atoms with van der Waals surface area (Å²) in [7, 11) is 1.85. The zero-order valence-electron chi connectivity index (χ0n) is 12.0. The molecule has 0 aliphatic carbocycles. The molecule has 4 heteroatoms. The Morgan fingerprint density at radius 1 is 1.25 bits per heavy atom. The lowest BCUT2D eigenvalue weighted by Gasteiger charge is -2.36. The van der Waals surface area contributed by atoms with Crippen LogP contribution in [0.4, 0.5) is 11.5 Å². The first kappa shape index (κ1) is 12.9. The molecule has 0 spiro atoms. The summed E-state index contributed by atoms with van der Waals surface area (Å²) in [4.78, 5) is 11.3. The highest BCUT2D eigenvalue weighted by Gasteiger charge is 2.22. The van der Waals surface area contributed by atoms with E-state index in [2.05, 4.69) is 51.4 Å². The number of hydrogen-bond donors (Lipinski definition) is 1. The monoisotopic (exact) mass is 268 g/mol. The second kappa shape index (κ2) is 5.49. The molecule has 1 aliphatic rings. The third-order valence-corrected chi connectivity index (χ3v) is 3.96. The molecule has 4 nitrogen and oxygen atoms in total. The van der Waals surface area contributed by atoms with E-state index in [-0.39, 0.29) is 0 Å². The van der Waals surface area contributed by atoms with Crippen molar-refractivity contribution in [2.45, 2.75) is 32.4 Å². The molecule has 1 unspecified atom stereocenters. The van der Waals surface area contributed by atoms with Gasteiger partial charge in [-0.3, -0.25) is 4.98 Å². The first-order chi connectivity index (χ1) is 9.78. The Labute approximate surface area is 119 Å². The predicted molar refractivity (Wildman–Crippen MR) is 82.0 cm³/mol. The van der Waals surface area contributed by atoms with E-state index >= 15 is 0 Å². The van der Waals surface area contributed by atoms with E-state index < -0.39 is 0 Å². The van der Waals surface area contributed by atoms with Crippen molar-refractivity contribution in [3.63, 3.8) is 0 Å². The molecule has 0 amide bonds. The number of rotatable bonds is 3. The standard InChI is InChI=1S/C16H20N4/c1-12-7-8-13-5-3-4-6-15(13)20(12)11-14-9-19-16(17-2)10-18-14/h3-6,9-10,12H,7-8,11H2,1-2H3,(H,17,19). The third-order valence-electron chi connectivity index (χ3n) is 3.96. The van der Waals surface area contributed by atoms with Gasteiger partial charge in [-0.1, -0.05) is 18.2 Å². The minimum atomic E-state index is 0.538. The van der Waals surface area contributed by atoms with E-state index in [1.165, 1.54) is 17.7 Å². The molecule has 1 N–H and O–H groups in total. The quantitative estimate of drug-likeness (QED) is 0.929. The SMILES string of the molecule is CNc1cnc(CN2c3ccccc3CCC2C)cn1. The molecule has 104 valence electrons. The van der Waals surface area contributed by atoms with Gasteiger partial charge in [0.25, 0.3) is 0 Å². The van der Waals surface area contributed by atoms with Gasteiger partial charge in [0, 0.05) is 18.8 Å². The van der Waals surface area contributed by atoms with Crippen LogP contribution in [-0.2, 0) is 13.0 Å². The molecular formula is C16H20N4. The Morgan fingerprint density at radius 3 is 2.85 bits per heavy atom. The van der Waals surface area contributed by atoms with Crippen LogP contribution in [-0.4, -0.2) is 23.1 Å². The lowest BCUT2D eigenvalue weighted by molar-refractivity contribution is 0.556. The summed E-state index contributed by atoms with van der Waals surface area (Å²) in [6.45, 7) is 3.10. The van der Waals surface area contributed by atoms with Crippen LogP contribution in [0.25, 0.3) is 0 Å².